The molecule has 0 aromatic heterocycles. The summed E-state index contributed by atoms with van der Waals surface area (Å²) in [6.45, 7) is 4.10. The Balaban J connectivity index is 2.14. The molecular weight excluding hydrogens is 310 g/mol. The van der Waals surface area contributed by atoms with Crippen LogP contribution in [0.25, 0.3) is 0 Å². The molecule has 1 saturated carbocycles. The number of benzene rings is 1. The minimum atomic E-state index is -0.899. The fourth-order valence-electron chi connectivity index (χ4n) is 2.30. The zero-order chi connectivity index (χ0) is 15.6. The van der Waals surface area contributed by atoms with Gasteiger partial charge in [0.05, 0.1) is 22.5 Å². The molecule has 1 aliphatic rings. The van der Waals surface area contributed by atoms with E-state index in [1.54, 1.807) is 30.0 Å². The van der Waals surface area contributed by atoms with Crippen molar-refractivity contribution in [2.75, 3.05) is 5.32 Å². The number of nitrogens with one attached hydrogen (secondary N) is 1. The van der Waals surface area contributed by atoms with Crippen LogP contribution in [0.4, 0.5) is 5.69 Å². The van der Waals surface area contributed by atoms with E-state index in [2.05, 4.69) is 5.32 Å². The number of carbonyl (C=O) groups is 2. The van der Waals surface area contributed by atoms with Crippen LogP contribution < -0.4 is 5.32 Å². The predicted molar refractivity (Wildman–Crippen MR) is 84.9 cm³/mol. The van der Waals surface area contributed by atoms with Crippen LogP contribution in [-0.2, 0) is 9.59 Å². The fraction of sp³-hybridized carbons (Fsp3) is 0.467. The van der Waals surface area contributed by atoms with Crippen LogP contribution in [0.2, 0.25) is 5.02 Å². The van der Waals surface area contributed by atoms with Crippen molar-refractivity contribution >= 4 is 40.9 Å². The van der Waals surface area contributed by atoms with Gasteiger partial charge in [-0.3, -0.25) is 9.59 Å². The first kappa shape index (κ1) is 16.2. The average Bonchev–Trinajstić information content (AvgIpc) is 2.30. The number of amides is 1. The highest BCUT2D eigenvalue weighted by molar-refractivity contribution is 8.00. The molecule has 21 heavy (non-hydrogen) atoms. The van der Waals surface area contributed by atoms with Gasteiger partial charge in [0.25, 0.3) is 0 Å². The molecule has 0 bridgehead atoms. The second-order valence-corrected chi connectivity index (χ2v) is 7.39. The minimum Gasteiger partial charge on any atom is -0.481 e. The number of thioether (sulfide) groups is 1. The van der Waals surface area contributed by atoms with Gasteiger partial charge in [-0.2, -0.15) is 0 Å². The molecule has 4 nitrogen and oxygen atoms in total. The predicted octanol–water partition coefficient (Wildman–Crippen LogP) is 3.89. The normalized spacial score (nSPS) is 21.0. The van der Waals surface area contributed by atoms with E-state index in [0.717, 1.165) is 4.90 Å². The first-order valence-electron chi connectivity index (χ1n) is 6.89. The van der Waals surface area contributed by atoms with Crippen molar-refractivity contribution in [3.05, 3.63) is 23.2 Å². The van der Waals surface area contributed by atoms with Gasteiger partial charge in [-0.15, -0.1) is 11.8 Å². The lowest BCUT2D eigenvalue weighted by Gasteiger charge is -2.32. The summed E-state index contributed by atoms with van der Waals surface area (Å²) in [6.07, 6.45) is 1.19. The molecule has 1 amide bonds. The maximum absolute atomic E-state index is 12.2. The standard InChI is InChI=1S/C15H18ClNO3S/c1-8(2)21-13-11(16)4-3-5-12(13)17-14(18)9-6-7-10(9)15(19)20/h3-5,8-10H,6-7H2,1-2H3,(H,17,18)(H,19,20). The van der Waals surface area contributed by atoms with Gasteiger partial charge in [-0.05, 0) is 25.0 Å². The third-order valence-electron chi connectivity index (χ3n) is 3.51. The Morgan fingerprint density at radius 3 is 2.52 bits per heavy atom. The summed E-state index contributed by atoms with van der Waals surface area (Å²) < 4.78 is 0. The van der Waals surface area contributed by atoms with Gasteiger partial charge in [0, 0.05) is 10.1 Å². The van der Waals surface area contributed by atoms with Gasteiger partial charge in [0.1, 0.15) is 0 Å². The van der Waals surface area contributed by atoms with Gasteiger partial charge in [0.15, 0.2) is 0 Å². The first-order valence-corrected chi connectivity index (χ1v) is 8.14. The number of rotatable bonds is 5. The number of carbonyl (C=O) groups excluding carboxylic acids is 1. The molecule has 114 valence electrons. The average molecular weight is 328 g/mol. The number of hydrogen-bond donors (Lipinski definition) is 2. The van der Waals surface area contributed by atoms with Crippen molar-refractivity contribution < 1.29 is 14.7 Å². The van der Waals surface area contributed by atoms with E-state index in [1.807, 2.05) is 13.8 Å². The van der Waals surface area contributed by atoms with E-state index < -0.39 is 17.8 Å². The summed E-state index contributed by atoms with van der Waals surface area (Å²) in [5.74, 6) is -2.14. The van der Waals surface area contributed by atoms with E-state index in [9.17, 15) is 9.59 Å². The maximum atomic E-state index is 12.2. The molecule has 0 radical (unpaired) electrons. The molecule has 0 spiro atoms. The monoisotopic (exact) mass is 327 g/mol. The molecule has 1 aliphatic carbocycles. The SMILES string of the molecule is CC(C)Sc1c(Cl)cccc1NC(=O)C1CCC1C(=O)O. The van der Waals surface area contributed by atoms with Crippen LogP contribution in [0.3, 0.4) is 0 Å². The highest BCUT2D eigenvalue weighted by Crippen LogP contribution is 2.39. The lowest BCUT2D eigenvalue weighted by atomic mass is 9.73. The molecule has 2 N–H and O–H groups in total. The molecule has 0 heterocycles. The Kier molecular flexibility index (Phi) is 5.17. The van der Waals surface area contributed by atoms with Crippen LogP contribution in [0.5, 0.6) is 0 Å². The molecule has 0 aliphatic heterocycles. The Morgan fingerprint density at radius 2 is 2.00 bits per heavy atom. The summed E-state index contributed by atoms with van der Waals surface area (Å²) in [5.41, 5.74) is 0.655. The van der Waals surface area contributed by atoms with E-state index in [1.165, 1.54) is 0 Å². The summed E-state index contributed by atoms with van der Waals surface area (Å²) in [7, 11) is 0. The Morgan fingerprint density at radius 1 is 1.33 bits per heavy atom. The highest BCUT2D eigenvalue weighted by atomic mass is 35.5. The van der Waals surface area contributed by atoms with Crippen LogP contribution in [0.1, 0.15) is 26.7 Å². The Labute approximate surface area is 133 Å². The van der Waals surface area contributed by atoms with E-state index in [0.29, 0.717) is 28.8 Å². The van der Waals surface area contributed by atoms with Crippen molar-refractivity contribution in [2.24, 2.45) is 11.8 Å². The second-order valence-electron chi connectivity index (χ2n) is 5.40. The quantitative estimate of drug-likeness (QED) is 0.805. The number of carboxylic acids is 1. The van der Waals surface area contributed by atoms with Crippen molar-refractivity contribution in [1.82, 2.24) is 0 Å². The maximum Gasteiger partial charge on any atom is 0.307 e. The van der Waals surface area contributed by atoms with Crippen LogP contribution >= 0.6 is 23.4 Å². The van der Waals surface area contributed by atoms with Crippen LogP contribution in [-0.4, -0.2) is 22.2 Å². The van der Waals surface area contributed by atoms with E-state index in [-0.39, 0.29) is 5.91 Å². The summed E-state index contributed by atoms with van der Waals surface area (Å²) >= 11 is 7.77. The Hall–Kier alpha value is -1.20. The van der Waals surface area contributed by atoms with E-state index >= 15 is 0 Å². The summed E-state index contributed by atoms with van der Waals surface area (Å²) in [4.78, 5) is 24.1. The number of carboxylic acid groups (broad SMARTS) is 1. The molecule has 6 heteroatoms. The van der Waals surface area contributed by atoms with Crippen molar-refractivity contribution in [2.45, 2.75) is 36.8 Å². The molecule has 2 rings (SSSR count). The fourth-order valence-corrected chi connectivity index (χ4v) is 3.50. The largest absolute Gasteiger partial charge is 0.481 e. The van der Waals surface area contributed by atoms with Crippen molar-refractivity contribution in [3.8, 4) is 0 Å². The molecular formula is C15H18ClNO3S. The molecule has 2 unspecified atom stereocenters. The zero-order valence-corrected chi connectivity index (χ0v) is 13.5. The van der Waals surface area contributed by atoms with Gasteiger partial charge < -0.3 is 10.4 Å². The van der Waals surface area contributed by atoms with Gasteiger partial charge in [-0.25, -0.2) is 0 Å². The smallest absolute Gasteiger partial charge is 0.307 e. The minimum absolute atomic E-state index is 0.235. The molecule has 0 saturated heterocycles. The second kappa shape index (κ2) is 6.71. The van der Waals surface area contributed by atoms with Crippen molar-refractivity contribution in [3.63, 3.8) is 0 Å². The molecule has 1 aromatic rings. The summed E-state index contributed by atoms with van der Waals surface area (Å²) in [6, 6.07) is 5.35. The highest BCUT2D eigenvalue weighted by Gasteiger charge is 2.41. The third-order valence-corrected chi connectivity index (χ3v) is 5.08. The first-order chi connectivity index (χ1) is 9.90. The number of halogens is 1. The van der Waals surface area contributed by atoms with Gasteiger partial charge >= 0.3 is 5.97 Å². The van der Waals surface area contributed by atoms with E-state index in [4.69, 9.17) is 16.7 Å². The van der Waals surface area contributed by atoms with Crippen molar-refractivity contribution in [1.29, 1.82) is 0 Å². The van der Waals surface area contributed by atoms with Gasteiger partial charge in [-0.1, -0.05) is 31.5 Å². The number of aliphatic carboxylic acids is 1. The Bertz CT molecular complexity index is 562. The topological polar surface area (TPSA) is 66.4 Å². The van der Waals surface area contributed by atoms with Gasteiger partial charge in [0.2, 0.25) is 5.91 Å². The molecule has 2 atom stereocenters. The third kappa shape index (κ3) is 3.71. The van der Waals surface area contributed by atoms with Crippen LogP contribution in [0.15, 0.2) is 23.1 Å². The molecule has 1 aromatic carbocycles. The lowest BCUT2D eigenvalue weighted by molar-refractivity contribution is -0.151. The number of hydrogen-bond acceptors (Lipinski definition) is 3. The van der Waals surface area contributed by atoms with Crippen LogP contribution in [0, 0.1) is 11.8 Å². The zero-order valence-electron chi connectivity index (χ0n) is 11.9. The number of anilines is 1. The summed E-state index contributed by atoms with van der Waals surface area (Å²) in [5, 5.41) is 12.8. The molecule has 1 fully saturated rings. The lowest BCUT2D eigenvalue weighted by Crippen LogP contribution is -2.41.